The van der Waals surface area contributed by atoms with Gasteiger partial charge in [-0.05, 0) is 62.8 Å². The van der Waals surface area contributed by atoms with E-state index in [0.717, 1.165) is 72.8 Å². The van der Waals surface area contributed by atoms with E-state index in [1.807, 2.05) is 22.7 Å². The van der Waals surface area contributed by atoms with E-state index >= 15 is 0 Å². The minimum Gasteiger partial charge on any atom is -0.485 e. The van der Waals surface area contributed by atoms with Crippen molar-refractivity contribution in [3.8, 4) is 63.4 Å². The van der Waals surface area contributed by atoms with E-state index in [0.29, 0.717) is 26.4 Å². The zero-order valence-electron chi connectivity index (χ0n) is 29.8. The molecular weight excluding hydrogens is 733 g/mol. The maximum atomic E-state index is 6.41. The molecule has 2 aliphatic rings. The number of fused-ring (bicyclic) bond motifs is 3. The standard InChI is InChI=1S/C40H44N2O4S5/c1-5-7-9-11-13-25-21-23(3)47-36(25)27-15-16-28(31-30(27)41-51-42-31)37-26(14-12-10-8-6-2)22-29(49-37)38-34-35(46-20-19-45-34)40(50-38)39-33-32(24(4)48-39)43-17-18-44-33/h15-16,21-22H,5-14,17-20H2,1-4H3. The van der Waals surface area contributed by atoms with Crippen molar-refractivity contribution in [1.29, 1.82) is 0 Å². The zero-order valence-corrected chi connectivity index (χ0v) is 33.9. The van der Waals surface area contributed by atoms with Crippen LogP contribution in [0.4, 0.5) is 0 Å². The van der Waals surface area contributed by atoms with Gasteiger partial charge in [0.1, 0.15) is 37.5 Å². The smallest absolute Gasteiger partial charge is 0.181 e. The SMILES string of the molecule is CCCCCCc1cc(C)sc1-c1ccc(-c2sc(-c3sc(-c4sc(C)c5c4OCCO5)c4c3OCCO4)cc2CCCCCC)c2nsnc12. The maximum Gasteiger partial charge on any atom is 0.181 e. The van der Waals surface area contributed by atoms with Gasteiger partial charge in [-0.2, -0.15) is 8.75 Å². The summed E-state index contributed by atoms with van der Waals surface area (Å²) >= 11 is 8.53. The van der Waals surface area contributed by atoms with Crippen LogP contribution >= 0.6 is 57.1 Å². The number of rotatable bonds is 14. The van der Waals surface area contributed by atoms with Crippen LogP contribution in [-0.4, -0.2) is 35.2 Å². The van der Waals surface area contributed by atoms with Gasteiger partial charge in [-0.3, -0.25) is 0 Å². The third-order valence-corrected chi connectivity index (χ3v) is 15.1. The van der Waals surface area contributed by atoms with Gasteiger partial charge in [-0.25, -0.2) is 0 Å². The van der Waals surface area contributed by atoms with Gasteiger partial charge in [-0.1, -0.05) is 64.5 Å². The average molecular weight is 777 g/mol. The van der Waals surface area contributed by atoms with Crippen molar-refractivity contribution in [2.75, 3.05) is 26.4 Å². The molecule has 268 valence electrons. The molecule has 0 fully saturated rings. The normalized spacial score (nSPS) is 13.8. The highest BCUT2D eigenvalue weighted by atomic mass is 32.1. The Labute approximate surface area is 320 Å². The molecule has 8 rings (SSSR count). The third-order valence-electron chi connectivity index (χ3n) is 9.64. The van der Waals surface area contributed by atoms with E-state index < -0.39 is 0 Å². The van der Waals surface area contributed by atoms with Gasteiger partial charge in [0.25, 0.3) is 0 Å². The largest absolute Gasteiger partial charge is 0.485 e. The minimum absolute atomic E-state index is 0.532. The quantitative estimate of drug-likeness (QED) is 0.103. The highest BCUT2D eigenvalue weighted by molar-refractivity contribution is 7.28. The van der Waals surface area contributed by atoms with Crippen LogP contribution in [0.25, 0.3) is 51.4 Å². The van der Waals surface area contributed by atoms with Crippen LogP contribution in [0.2, 0.25) is 0 Å². The zero-order chi connectivity index (χ0) is 34.9. The van der Waals surface area contributed by atoms with Crippen molar-refractivity contribution in [3.63, 3.8) is 0 Å². The molecule has 2 aliphatic heterocycles. The molecule has 0 spiro atoms. The second-order valence-corrected chi connectivity index (χ2v) is 18.5. The molecule has 51 heavy (non-hydrogen) atoms. The number of unbranched alkanes of at least 4 members (excludes halogenated alkanes) is 6. The van der Waals surface area contributed by atoms with Crippen molar-refractivity contribution in [1.82, 2.24) is 8.75 Å². The van der Waals surface area contributed by atoms with Gasteiger partial charge >= 0.3 is 0 Å². The number of hydrogen-bond donors (Lipinski definition) is 0. The van der Waals surface area contributed by atoms with Crippen LogP contribution in [0.5, 0.6) is 23.0 Å². The van der Waals surface area contributed by atoms with Gasteiger partial charge in [0.05, 0.1) is 26.4 Å². The Morgan fingerprint density at radius 1 is 0.549 bits per heavy atom. The summed E-state index contributed by atoms with van der Waals surface area (Å²) < 4.78 is 34.9. The second kappa shape index (κ2) is 15.6. The van der Waals surface area contributed by atoms with Crippen LogP contribution in [-0.2, 0) is 12.8 Å². The van der Waals surface area contributed by atoms with Crippen molar-refractivity contribution in [2.45, 2.75) is 91.9 Å². The Morgan fingerprint density at radius 3 is 1.71 bits per heavy atom. The number of aromatic nitrogens is 2. The number of aryl methyl sites for hydroxylation is 4. The van der Waals surface area contributed by atoms with Crippen LogP contribution in [0, 0.1) is 13.8 Å². The first kappa shape index (κ1) is 35.1. The minimum atomic E-state index is 0.532. The average Bonchev–Trinajstić information content (AvgIpc) is 3.99. The van der Waals surface area contributed by atoms with Crippen molar-refractivity contribution < 1.29 is 18.9 Å². The van der Waals surface area contributed by atoms with Gasteiger partial charge in [0.2, 0.25) is 0 Å². The van der Waals surface area contributed by atoms with E-state index in [1.54, 1.807) is 22.7 Å². The highest BCUT2D eigenvalue weighted by Crippen LogP contribution is 2.60. The Hall–Kier alpha value is -2.96. The lowest BCUT2D eigenvalue weighted by Gasteiger charge is -2.18. The molecular formula is C40H44N2O4S5. The number of ether oxygens (including phenoxy) is 4. The molecule has 0 atom stereocenters. The summed E-state index contributed by atoms with van der Waals surface area (Å²) in [4.78, 5) is 9.57. The summed E-state index contributed by atoms with van der Waals surface area (Å²) in [6.45, 7) is 11.1. The summed E-state index contributed by atoms with van der Waals surface area (Å²) in [5, 5.41) is 0. The molecule has 0 aliphatic carbocycles. The predicted octanol–water partition coefficient (Wildman–Crippen LogP) is 13.0. The first-order valence-corrected chi connectivity index (χ1v) is 22.3. The van der Waals surface area contributed by atoms with Crippen molar-refractivity contribution >= 4 is 68.1 Å². The molecule has 0 unspecified atom stereocenters. The number of thiophene rings is 4. The summed E-state index contributed by atoms with van der Waals surface area (Å²) in [6.07, 6.45) is 12.1. The van der Waals surface area contributed by atoms with E-state index in [2.05, 4.69) is 52.0 Å². The molecule has 0 N–H and O–H groups in total. The maximum absolute atomic E-state index is 6.41. The fraction of sp³-hybridized carbons (Fsp3) is 0.450. The lowest BCUT2D eigenvalue weighted by atomic mass is 9.98. The first-order chi connectivity index (χ1) is 25.1. The summed E-state index contributed by atoms with van der Waals surface area (Å²) in [6, 6.07) is 9.42. The Balaban J connectivity index is 1.21. The Morgan fingerprint density at radius 2 is 1.08 bits per heavy atom. The number of hydrogen-bond acceptors (Lipinski definition) is 11. The lowest BCUT2D eigenvalue weighted by molar-refractivity contribution is 0.171. The van der Waals surface area contributed by atoms with Gasteiger partial charge in [-0.15, -0.1) is 45.3 Å². The van der Waals surface area contributed by atoms with Crippen molar-refractivity contribution in [3.05, 3.63) is 45.1 Å². The Kier molecular flexibility index (Phi) is 10.7. The predicted molar refractivity (Wildman–Crippen MR) is 218 cm³/mol. The summed E-state index contributed by atoms with van der Waals surface area (Å²) in [5.74, 6) is 3.37. The van der Waals surface area contributed by atoms with Crippen LogP contribution < -0.4 is 18.9 Å². The lowest BCUT2D eigenvalue weighted by Crippen LogP contribution is -2.15. The summed E-state index contributed by atoms with van der Waals surface area (Å²) in [5.41, 5.74) is 7.25. The third kappa shape index (κ3) is 6.85. The molecule has 6 aromatic rings. The van der Waals surface area contributed by atoms with Crippen LogP contribution in [0.1, 0.15) is 86.1 Å². The topological polar surface area (TPSA) is 62.7 Å². The molecule has 5 aromatic heterocycles. The molecule has 7 heterocycles. The van der Waals surface area contributed by atoms with E-state index in [-0.39, 0.29) is 0 Å². The molecule has 11 heteroatoms. The molecule has 0 bridgehead atoms. The molecule has 1 aromatic carbocycles. The van der Waals surface area contributed by atoms with E-state index in [9.17, 15) is 0 Å². The first-order valence-electron chi connectivity index (χ1n) is 18.4. The monoisotopic (exact) mass is 776 g/mol. The Bertz CT molecular complexity index is 2150. The second-order valence-electron chi connectivity index (χ2n) is 13.4. The highest BCUT2D eigenvalue weighted by Gasteiger charge is 2.33. The van der Waals surface area contributed by atoms with Gasteiger partial charge in [0.15, 0.2) is 23.0 Å². The van der Waals surface area contributed by atoms with E-state index in [4.69, 9.17) is 27.7 Å². The summed E-state index contributed by atoms with van der Waals surface area (Å²) in [7, 11) is 0. The molecule has 0 saturated carbocycles. The molecule has 0 saturated heterocycles. The van der Waals surface area contributed by atoms with E-state index in [1.165, 1.54) is 98.4 Å². The van der Waals surface area contributed by atoms with Gasteiger partial charge < -0.3 is 18.9 Å². The number of nitrogens with zero attached hydrogens (tertiary/aromatic N) is 2. The van der Waals surface area contributed by atoms with Crippen LogP contribution in [0.15, 0.2) is 24.3 Å². The number of benzene rings is 1. The van der Waals surface area contributed by atoms with Crippen LogP contribution in [0.3, 0.4) is 0 Å². The molecule has 6 nitrogen and oxygen atoms in total. The van der Waals surface area contributed by atoms with Crippen molar-refractivity contribution in [2.24, 2.45) is 0 Å². The van der Waals surface area contributed by atoms with Gasteiger partial charge in [0, 0.05) is 35.5 Å². The molecule has 0 amide bonds. The molecule has 0 radical (unpaired) electrons. The fourth-order valence-corrected chi connectivity index (χ4v) is 12.5. The fourth-order valence-electron chi connectivity index (χ4n) is 7.16.